The number of aromatic nitrogens is 2. The maximum Gasteiger partial charge on any atom is 0.240 e. The van der Waals surface area contributed by atoms with Crippen molar-refractivity contribution in [3.8, 4) is 0 Å². The van der Waals surface area contributed by atoms with Crippen LogP contribution in [0, 0.1) is 5.92 Å². The van der Waals surface area contributed by atoms with Crippen LogP contribution in [0.2, 0.25) is 0 Å². The van der Waals surface area contributed by atoms with Crippen LogP contribution in [0.25, 0.3) is 0 Å². The first-order valence-electron chi connectivity index (χ1n) is 6.05. The van der Waals surface area contributed by atoms with Gasteiger partial charge in [-0.05, 0) is 12.3 Å². The minimum absolute atomic E-state index is 0.146. The molecule has 0 unspecified atom stereocenters. The lowest BCUT2D eigenvalue weighted by Gasteiger charge is -2.15. The van der Waals surface area contributed by atoms with Gasteiger partial charge >= 0.3 is 0 Å². The van der Waals surface area contributed by atoms with Crippen molar-refractivity contribution in [2.45, 2.75) is 39.2 Å². The Hall–Kier alpha value is -1.85. The van der Waals surface area contributed by atoms with Crippen LogP contribution in [0.4, 0.5) is 0 Å². The summed E-state index contributed by atoms with van der Waals surface area (Å²) in [6.45, 7) is 4.09. The van der Waals surface area contributed by atoms with Gasteiger partial charge in [-0.25, -0.2) is 4.98 Å². The third kappa shape index (κ3) is 4.99. The summed E-state index contributed by atoms with van der Waals surface area (Å²) in [5, 5.41) is 2.65. The molecule has 1 heterocycles. The van der Waals surface area contributed by atoms with E-state index in [0.29, 0.717) is 18.8 Å². The molecule has 100 valence electrons. The summed E-state index contributed by atoms with van der Waals surface area (Å²) in [4.78, 5) is 29.6. The minimum Gasteiger partial charge on any atom is -0.368 e. The SMILES string of the molecule is CC(C)CCC(=O)N[C@@H](Cc1cnc[nH]1)C(N)=O. The topological polar surface area (TPSA) is 101 Å². The first kappa shape index (κ1) is 14.2. The molecular formula is C12H20N4O2. The van der Waals surface area contributed by atoms with Crippen LogP contribution < -0.4 is 11.1 Å². The van der Waals surface area contributed by atoms with Gasteiger partial charge in [0.25, 0.3) is 0 Å². The number of carbonyl (C=O) groups is 2. The molecule has 0 aliphatic rings. The molecule has 6 heteroatoms. The predicted octanol–water partition coefficient (Wildman–Crippen LogP) is 0.359. The highest BCUT2D eigenvalue weighted by Crippen LogP contribution is 2.04. The molecule has 1 aromatic rings. The number of aromatic amines is 1. The average Bonchev–Trinajstić information content (AvgIpc) is 2.78. The van der Waals surface area contributed by atoms with Crippen molar-refractivity contribution in [1.82, 2.24) is 15.3 Å². The fraction of sp³-hybridized carbons (Fsp3) is 0.583. The van der Waals surface area contributed by atoms with Gasteiger partial charge in [0.15, 0.2) is 0 Å². The number of rotatable bonds is 7. The molecule has 0 bridgehead atoms. The molecule has 1 atom stereocenters. The molecule has 4 N–H and O–H groups in total. The molecule has 0 saturated carbocycles. The van der Waals surface area contributed by atoms with Crippen molar-refractivity contribution in [2.75, 3.05) is 0 Å². The summed E-state index contributed by atoms with van der Waals surface area (Å²) in [7, 11) is 0. The van der Waals surface area contributed by atoms with Gasteiger partial charge in [0.05, 0.1) is 6.33 Å². The van der Waals surface area contributed by atoms with Crippen molar-refractivity contribution in [1.29, 1.82) is 0 Å². The lowest BCUT2D eigenvalue weighted by atomic mass is 10.1. The summed E-state index contributed by atoms with van der Waals surface area (Å²) in [6, 6.07) is -0.690. The van der Waals surface area contributed by atoms with Gasteiger partial charge in [0, 0.05) is 24.7 Å². The Morgan fingerprint density at radius 2 is 2.22 bits per heavy atom. The zero-order chi connectivity index (χ0) is 13.5. The van der Waals surface area contributed by atoms with Gasteiger partial charge in [0.2, 0.25) is 11.8 Å². The monoisotopic (exact) mass is 252 g/mol. The van der Waals surface area contributed by atoms with Crippen LogP contribution in [-0.4, -0.2) is 27.8 Å². The quantitative estimate of drug-likeness (QED) is 0.653. The summed E-state index contributed by atoms with van der Waals surface area (Å²) in [5.74, 6) is -0.232. The normalized spacial score (nSPS) is 12.4. The Bertz CT molecular complexity index is 387. The molecule has 1 rings (SSSR count). The Morgan fingerprint density at radius 3 is 2.72 bits per heavy atom. The first-order valence-corrected chi connectivity index (χ1v) is 6.05. The van der Waals surface area contributed by atoms with Gasteiger partial charge in [0.1, 0.15) is 6.04 Å². The van der Waals surface area contributed by atoms with E-state index in [2.05, 4.69) is 15.3 Å². The molecular weight excluding hydrogens is 232 g/mol. The second-order valence-corrected chi connectivity index (χ2v) is 4.74. The smallest absolute Gasteiger partial charge is 0.240 e. The molecule has 18 heavy (non-hydrogen) atoms. The van der Waals surface area contributed by atoms with Crippen molar-refractivity contribution >= 4 is 11.8 Å². The van der Waals surface area contributed by atoms with Crippen molar-refractivity contribution in [2.24, 2.45) is 11.7 Å². The molecule has 0 spiro atoms. The minimum atomic E-state index is -0.690. The standard InChI is InChI=1S/C12H20N4O2/c1-8(2)3-4-11(17)16-10(12(13)18)5-9-6-14-7-15-9/h6-8,10H,3-5H2,1-2H3,(H2,13,18)(H,14,15)(H,16,17)/t10-/m0/s1. The zero-order valence-corrected chi connectivity index (χ0v) is 10.8. The van der Waals surface area contributed by atoms with Crippen molar-refractivity contribution < 1.29 is 9.59 Å². The van der Waals surface area contributed by atoms with E-state index in [1.165, 1.54) is 6.33 Å². The number of nitrogens with one attached hydrogen (secondary N) is 2. The van der Waals surface area contributed by atoms with Gasteiger partial charge in [-0.2, -0.15) is 0 Å². The zero-order valence-electron chi connectivity index (χ0n) is 10.8. The average molecular weight is 252 g/mol. The lowest BCUT2D eigenvalue weighted by molar-refractivity contribution is -0.127. The van der Waals surface area contributed by atoms with E-state index < -0.39 is 11.9 Å². The van der Waals surface area contributed by atoms with Crippen LogP contribution in [0.5, 0.6) is 0 Å². The summed E-state index contributed by atoms with van der Waals surface area (Å²) in [6.07, 6.45) is 4.67. The summed E-state index contributed by atoms with van der Waals surface area (Å²) < 4.78 is 0. The largest absolute Gasteiger partial charge is 0.368 e. The number of hydrogen-bond donors (Lipinski definition) is 3. The van der Waals surface area contributed by atoms with Crippen LogP contribution in [0.15, 0.2) is 12.5 Å². The van der Waals surface area contributed by atoms with E-state index in [-0.39, 0.29) is 5.91 Å². The molecule has 0 aliphatic carbocycles. The second kappa shape index (κ2) is 6.78. The molecule has 1 aromatic heterocycles. The molecule has 0 aromatic carbocycles. The van der Waals surface area contributed by atoms with Gasteiger partial charge in [-0.3, -0.25) is 9.59 Å². The van der Waals surface area contributed by atoms with E-state index in [1.807, 2.05) is 13.8 Å². The number of carbonyl (C=O) groups excluding carboxylic acids is 2. The Morgan fingerprint density at radius 1 is 1.50 bits per heavy atom. The highest BCUT2D eigenvalue weighted by Gasteiger charge is 2.19. The molecule has 0 radical (unpaired) electrons. The number of H-pyrrole nitrogens is 1. The maximum absolute atomic E-state index is 11.6. The Labute approximate surface area is 106 Å². The number of imidazole rings is 1. The Kier molecular flexibility index (Phi) is 5.35. The summed E-state index contributed by atoms with van der Waals surface area (Å²) in [5.41, 5.74) is 6.04. The van der Waals surface area contributed by atoms with E-state index >= 15 is 0 Å². The van der Waals surface area contributed by atoms with E-state index in [4.69, 9.17) is 5.73 Å². The van der Waals surface area contributed by atoms with Crippen LogP contribution in [0.3, 0.4) is 0 Å². The predicted molar refractivity (Wildman–Crippen MR) is 67.5 cm³/mol. The van der Waals surface area contributed by atoms with Crippen LogP contribution in [0.1, 0.15) is 32.4 Å². The van der Waals surface area contributed by atoms with Crippen LogP contribution >= 0.6 is 0 Å². The first-order chi connectivity index (χ1) is 8.49. The molecule has 0 aliphatic heterocycles. The van der Waals surface area contributed by atoms with Gasteiger partial charge in [-0.15, -0.1) is 0 Å². The lowest BCUT2D eigenvalue weighted by Crippen LogP contribution is -2.45. The third-order valence-electron chi connectivity index (χ3n) is 2.61. The Balaban J connectivity index is 2.48. The fourth-order valence-electron chi connectivity index (χ4n) is 1.53. The molecule has 0 fully saturated rings. The summed E-state index contributed by atoms with van der Waals surface area (Å²) >= 11 is 0. The van der Waals surface area contributed by atoms with Gasteiger partial charge in [-0.1, -0.05) is 13.8 Å². The molecule has 6 nitrogen and oxygen atoms in total. The van der Waals surface area contributed by atoms with Crippen molar-refractivity contribution in [3.63, 3.8) is 0 Å². The molecule has 2 amide bonds. The number of nitrogens with two attached hydrogens (primary N) is 1. The number of hydrogen-bond acceptors (Lipinski definition) is 3. The fourth-order valence-corrected chi connectivity index (χ4v) is 1.53. The highest BCUT2D eigenvalue weighted by atomic mass is 16.2. The maximum atomic E-state index is 11.6. The van der Waals surface area contributed by atoms with Gasteiger partial charge < -0.3 is 16.0 Å². The highest BCUT2D eigenvalue weighted by molar-refractivity contribution is 5.86. The number of amides is 2. The number of primary amides is 1. The van der Waals surface area contributed by atoms with Crippen molar-refractivity contribution in [3.05, 3.63) is 18.2 Å². The van der Waals surface area contributed by atoms with Crippen LogP contribution in [-0.2, 0) is 16.0 Å². The second-order valence-electron chi connectivity index (χ2n) is 4.74. The molecule has 0 saturated heterocycles. The number of nitrogens with zero attached hydrogens (tertiary/aromatic N) is 1. The third-order valence-corrected chi connectivity index (χ3v) is 2.61. The van der Waals surface area contributed by atoms with E-state index in [0.717, 1.165) is 12.1 Å². The van der Waals surface area contributed by atoms with E-state index in [1.54, 1.807) is 6.20 Å². The van der Waals surface area contributed by atoms with E-state index in [9.17, 15) is 9.59 Å².